The highest BCUT2D eigenvalue weighted by Crippen LogP contribution is 2.45. The number of hydrogen-bond donors (Lipinski definition) is 0. The van der Waals surface area contributed by atoms with Crippen molar-refractivity contribution in [1.29, 1.82) is 0 Å². The topological polar surface area (TPSA) is 12.9 Å². The summed E-state index contributed by atoms with van der Waals surface area (Å²) >= 11 is 7.16. The fourth-order valence-electron chi connectivity index (χ4n) is 0.635. The Morgan fingerprint density at radius 2 is 1.91 bits per heavy atom. The van der Waals surface area contributed by atoms with Crippen molar-refractivity contribution in [2.75, 3.05) is 0 Å². The minimum atomic E-state index is 0.133. The summed E-state index contributed by atoms with van der Waals surface area (Å²) in [6, 6.07) is 4.16. The largest absolute Gasteiger partial charge is 0.261 e. The van der Waals surface area contributed by atoms with Crippen LogP contribution in [-0.2, 0) is -0.565 Å². The molecule has 0 bridgehead atoms. The van der Waals surface area contributed by atoms with Gasteiger partial charge in [0.15, 0.2) is -0.565 Å². The number of rotatable bonds is 1. The van der Waals surface area contributed by atoms with Crippen LogP contribution in [0.2, 0.25) is 0 Å². The van der Waals surface area contributed by atoms with E-state index in [4.69, 9.17) is 0 Å². The van der Waals surface area contributed by atoms with Crippen molar-refractivity contribution in [2.45, 2.75) is 6.36 Å². The molecule has 1 aromatic heterocycles. The molecule has 0 aromatic carbocycles. The lowest BCUT2D eigenvalue weighted by atomic mass is 10.3. The first-order chi connectivity index (χ1) is 5.00. The van der Waals surface area contributed by atoms with Crippen LogP contribution in [-0.4, -0.2) is 4.98 Å². The van der Waals surface area contributed by atoms with Gasteiger partial charge in [0.2, 0.25) is 0 Å². The Labute approximate surface area is 107 Å². The highest BCUT2D eigenvalue weighted by Gasteiger charge is 2.19. The Morgan fingerprint density at radius 1 is 1.27 bits per heavy atom. The summed E-state index contributed by atoms with van der Waals surface area (Å²) in [4.78, 5) is 4.23. The van der Waals surface area contributed by atoms with Gasteiger partial charge in [0.05, 0.1) is 0 Å². The molecule has 0 radical (unpaired) electrons. The van der Waals surface area contributed by atoms with Gasteiger partial charge in [-0.15, -0.1) is 0 Å². The molecule has 1 rings (SSSR count). The Kier molecular flexibility index (Phi) is 3.82. The number of alkyl halides is 3. The van der Waals surface area contributed by atoms with Gasteiger partial charge in [-0.05, 0) is 80.8 Å². The van der Waals surface area contributed by atoms with Gasteiger partial charge >= 0.3 is 0 Å². The second-order valence-corrected chi connectivity index (χ2v) is 13.2. The Hall–Kier alpha value is 1.34. The maximum absolute atomic E-state index is 4.23. The van der Waals surface area contributed by atoms with E-state index in [0.717, 1.165) is 5.69 Å². The summed E-state index contributed by atoms with van der Waals surface area (Å²) in [6.45, 7) is 2.00. The van der Waals surface area contributed by atoms with Crippen molar-refractivity contribution in [2.24, 2.45) is 0 Å². The molecule has 0 aliphatic carbocycles. The quantitative estimate of drug-likeness (QED) is 0.436. The summed E-state index contributed by atoms with van der Waals surface area (Å²) in [5.41, 5.74) is 2.33. The van der Waals surface area contributed by atoms with E-state index in [1.807, 2.05) is 19.2 Å². The zero-order valence-corrected chi connectivity index (χ0v) is 12.3. The molecule has 0 atom stereocenters. The van der Waals surface area contributed by atoms with Crippen LogP contribution in [0, 0.1) is 6.92 Å². The van der Waals surface area contributed by atoms with Gasteiger partial charge in [-0.3, -0.25) is 4.98 Å². The molecule has 0 spiro atoms. The number of aromatic nitrogens is 1. The number of pyridine rings is 1. The van der Waals surface area contributed by atoms with Crippen molar-refractivity contribution in [1.82, 2.24) is 4.98 Å². The molecule has 1 nitrogen and oxygen atoms in total. The Morgan fingerprint density at radius 3 is 2.27 bits per heavy atom. The van der Waals surface area contributed by atoms with Crippen molar-refractivity contribution in [3.05, 3.63) is 29.6 Å². The van der Waals surface area contributed by atoms with Crippen molar-refractivity contribution in [3.8, 4) is 0 Å². The second kappa shape index (κ2) is 4.03. The average molecular weight is 485 g/mol. The van der Waals surface area contributed by atoms with Gasteiger partial charge in [0, 0.05) is 17.5 Å². The van der Waals surface area contributed by atoms with Crippen LogP contribution < -0.4 is 0 Å². The van der Waals surface area contributed by atoms with Crippen LogP contribution in [0.5, 0.6) is 0 Å². The molecule has 11 heavy (non-hydrogen) atoms. The van der Waals surface area contributed by atoms with Gasteiger partial charge in [0.25, 0.3) is 0 Å². The van der Waals surface area contributed by atoms with E-state index in [1.54, 1.807) is 0 Å². The summed E-state index contributed by atoms with van der Waals surface area (Å²) in [6.07, 6.45) is 1.93. The van der Waals surface area contributed by atoms with Crippen molar-refractivity contribution >= 4 is 67.8 Å². The first-order valence-corrected chi connectivity index (χ1v) is 6.23. The smallest absolute Gasteiger partial charge is 0.150 e. The number of aryl methyl sites for hydroxylation is 1. The third kappa shape index (κ3) is 3.29. The Bertz CT molecular complexity index is 237. The van der Waals surface area contributed by atoms with Crippen molar-refractivity contribution in [3.63, 3.8) is 0 Å². The molecule has 0 unspecified atom stereocenters. The molecule has 60 valence electrons. The molecule has 0 saturated carbocycles. The van der Waals surface area contributed by atoms with E-state index in [-0.39, 0.29) is -0.565 Å². The summed E-state index contributed by atoms with van der Waals surface area (Å²) < 4.78 is 0.133. The highest BCUT2D eigenvalue weighted by atomic mass is 127. The molecule has 0 amide bonds. The molecule has 1 heterocycles. The van der Waals surface area contributed by atoms with E-state index in [1.165, 1.54) is 5.56 Å². The maximum Gasteiger partial charge on any atom is 0.150 e. The third-order valence-corrected chi connectivity index (χ3v) is 3.11. The van der Waals surface area contributed by atoms with Gasteiger partial charge in [0.1, 0.15) is 0 Å². The molecular weight excluding hydrogens is 479 g/mol. The molecule has 4 heteroatoms. The fourth-order valence-corrected chi connectivity index (χ4v) is 1.59. The maximum atomic E-state index is 4.23. The standard InChI is InChI=1S/C7H6I3N/c1-5-2-3-6(4-11-5)7(8,9)10/h2-4H,1H3. The first kappa shape index (κ1) is 10.4. The van der Waals surface area contributed by atoms with Crippen LogP contribution in [0.1, 0.15) is 11.3 Å². The lowest BCUT2D eigenvalue weighted by molar-refractivity contribution is 1.16. The lowest BCUT2D eigenvalue weighted by Crippen LogP contribution is -1.97. The van der Waals surface area contributed by atoms with Gasteiger partial charge in [-0.1, -0.05) is 6.07 Å². The minimum Gasteiger partial charge on any atom is -0.261 e. The first-order valence-electron chi connectivity index (χ1n) is 3.00. The molecule has 0 aliphatic rings. The van der Waals surface area contributed by atoms with Crippen LogP contribution in [0.3, 0.4) is 0 Å². The highest BCUT2D eigenvalue weighted by molar-refractivity contribution is 14.3. The van der Waals surface area contributed by atoms with Crippen LogP contribution in [0.4, 0.5) is 0 Å². The number of hydrogen-bond acceptors (Lipinski definition) is 1. The monoisotopic (exact) mass is 485 g/mol. The predicted molar refractivity (Wildman–Crippen MR) is 72.7 cm³/mol. The van der Waals surface area contributed by atoms with Gasteiger partial charge in [-0.25, -0.2) is 0 Å². The number of nitrogens with zero attached hydrogens (tertiary/aromatic N) is 1. The molecule has 0 N–H and O–H groups in total. The third-order valence-electron chi connectivity index (χ3n) is 1.24. The molecule has 0 fully saturated rings. The summed E-state index contributed by atoms with van der Waals surface area (Å²) in [5, 5.41) is 0. The lowest BCUT2D eigenvalue weighted by Gasteiger charge is -2.11. The van der Waals surface area contributed by atoms with Crippen molar-refractivity contribution < 1.29 is 0 Å². The second-order valence-electron chi connectivity index (χ2n) is 2.19. The number of halogens is 3. The summed E-state index contributed by atoms with van der Waals surface area (Å²) in [5.74, 6) is 0. The summed E-state index contributed by atoms with van der Waals surface area (Å²) in [7, 11) is 0. The van der Waals surface area contributed by atoms with E-state index >= 15 is 0 Å². The fraction of sp³-hybridized carbons (Fsp3) is 0.286. The van der Waals surface area contributed by atoms with Gasteiger partial charge in [-0.2, -0.15) is 0 Å². The molecule has 0 saturated heterocycles. The normalized spacial score (nSPS) is 11.6. The molecular formula is C7H6I3N. The predicted octanol–water partition coefficient (Wildman–Crippen LogP) is 3.81. The van der Waals surface area contributed by atoms with E-state index < -0.39 is 0 Å². The molecule has 1 aromatic rings. The van der Waals surface area contributed by atoms with E-state index in [9.17, 15) is 0 Å². The average Bonchev–Trinajstić information content (AvgIpc) is 1.86. The Balaban J connectivity index is 2.99. The minimum absolute atomic E-state index is 0.133. The zero-order valence-electron chi connectivity index (χ0n) is 5.81. The van der Waals surface area contributed by atoms with E-state index in [0.29, 0.717) is 0 Å². The van der Waals surface area contributed by atoms with Crippen LogP contribution in [0.15, 0.2) is 18.3 Å². The van der Waals surface area contributed by atoms with Crippen LogP contribution in [0.25, 0.3) is 0 Å². The SMILES string of the molecule is Cc1ccc(C(I)(I)I)cn1. The van der Waals surface area contributed by atoms with Gasteiger partial charge < -0.3 is 0 Å². The zero-order chi connectivity index (χ0) is 8.48. The van der Waals surface area contributed by atoms with Crippen LogP contribution >= 0.6 is 67.8 Å². The van der Waals surface area contributed by atoms with E-state index in [2.05, 4.69) is 78.8 Å². The molecule has 0 aliphatic heterocycles.